The molecule has 0 saturated heterocycles. The Morgan fingerprint density at radius 1 is 1.00 bits per heavy atom. The predicted octanol–water partition coefficient (Wildman–Crippen LogP) is 3.08. The van der Waals surface area contributed by atoms with Crippen LogP contribution >= 0.6 is 0 Å². The molecular weight excluding hydrogens is 164 g/mol. The first-order valence-electron chi connectivity index (χ1n) is 3.83. The van der Waals surface area contributed by atoms with Crippen LogP contribution in [-0.2, 0) is 6.42 Å². The van der Waals surface area contributed by atoms with Crippen LogP contribution in [0.1, 0.15) is 5.56 Å². The molecule has 0 radical (unpaired) electrons. The Kier molecular flexibility index (Phi) is 2.79. The molecular formula is C8H9BF3-. The second-order valence-corrected chi connectivity index (χ2v) is 2.73. The fourth-order valence-corrected chi connectivity index (χ4v) is 0.975. The Bertz CT molecular complexity index is 230. The Hall–Kier alpha value is -0.925. The van der Waals surface area contributed by atoms with Crippen LogP contribution in [0.2, 0.25) is 6.32 Å². The van der Waals surface area contributed by atoms with Crippen molar-refractivity contribution in [3.63, 3.8) is 0 Å². The Morgan fingerprint density at radius 3 is 2.08 bits per heavy atom. The molecule has 0 atom stereocenters. The smallest absolute Gasteiger partial charge is 0.449 e. The van der Waals surface area contributed by atoms with E-state index in [9.17, 15) is 12.9 Å². The molecule has 0 nitrogen and oxygen atoms in total. The largest absolute Gasteiger partial charge is 0.478 e. The SMILES string of the molecule is F[B-](F)(F)CCc1ccccc1. The standard InChI is InChI=1S/C8H9BF3/c10-9(11,12)7-6-8-4-2-1-3-5-8/h1-5H,6-7H2/q-1. The van der Waals surface area contributed by atoms with Gasteiger partial charge in [0.2, 0.25) is 0 Å². The highest BCUT2D eigenvalue weighted by atomic mass is 19.4. The van der Waals surface area contributed by atoms with E-state index in [0.29, 0.717) is 0 Å². The highest BCUT2D eigenvalue weighted by Gasteiger charge is 2.21. The van der Waals surface area contributed by atoms with Crippen molar-refractivity contribution in [3.8, 4) is 0 Å². The van der Waals surface area contributed by atoms with Crippen LogP contribution in [0, 0.1) is 0 Å². The van der Waals surface area contributed by atoms with Gasteiger partial charge in [0.15, 0.2) is 0 Å². The highest BCUT2D eigenvalue weighted by Crippen LogP contribution is 2.17. The lowest BCUT2D eigenvalue weighted by Crippen LogP contribution is -2.14. The summed E-state index contributed by atoms with van der Waals surface area (Å²) >= 11 is 0. The van der Waals surface area contributed by atoms with Crippen molar-refractivity contribution < 1.29 is 12.9 Å². The van der Waals surface area contributed by atoms with Gasteiger partial charge in [0, 0.05) is 0 Å². The molecule has 0 aliphatic rings. The fourth-order valence-electron chi connectivity index (χ4n) is 0.975. The van der Waals surface area contributed by atoms with E-state index in [1.807, 2.05) is 0 Å². The zero-order valence-electron chi connectivity index (χ0n) is 6.51. The molecule has 0 amide bonds. The molecule has 12 heavy (non-hydrogen) atoms. The number of rotatable bonds is 3. The minimum absolute atomic E-state index is 0.102. The van der Waals surface area contributed by atoms with Crippen LogP contribution in [0.15, 0.2) is 30.3 Å². The summed E-state index contributed by atoms with van der Waals surface area (Å²) < 4.78 is 35.4. The maximum absolute atomic E-state index is 11.8. The molecule has 1 rings (SSSR count). The molecule has 1 aromatic rings. The zero-order chi connectivity index (χ0) is 9.03. The molecule has 0 fully saturated rings. The molecule has 0 unspecified atom stereocenters. The van der Waals surface area contributed by atoms with Crippen molar-refractivity contribution >= 4 is 6.98 Å². The van der Waals surface area contributed by atoms with Crippen molar-refractivity contribution in [2.45, 2.75) is 12.7 Å². The Labute approximate surface area is 69.5 Å². The third kappa shape index (κ3) is 3.46. The van der Waals surface area contributed by atoms with Crippen LogP contribution < -0.4 is 0 Å². The first-order valence-corrected chi connectivity index (χ1v) is 3.83. The van der Waals surface area contributed by atoms with Gasteiger partial charge in [-0.2, -0.15) is 0 Å². The minimum Gasteiger partial charge on any atom is -0.449 e. The van der Waals surface area contributed by atoms with Crippen molar-refractivity contribution in [1.29, 1.82) is 0 Å². The number of hydrogen-bond acceptors (Lipinski definition) is 0. The van der Waals surface area contributed by atoms with Gasteiger partial charge < -0.3 is 12.9 Å². The topological polar surface area (TPSA) is 0 Å². The van der Waals surface area contributed by atoms with Gasteiger partial charge >= 0.3 is 6.98 Å². The van der Waals surface area contributed by atoms with E-state index in [1.54, 1.807) is 30.3 Å². The number of benzene rings is 1. The third-order valence-corrected chi connectivity index (χ3v) is 1.60. The molecule has 0 spiro atoms. The Balaban J connectivity index is 2.44. The van der Waals surface area contributed by atoms with Crippen LogP contribution in [0.5, 0.6) is 0 Å². The van der Waals surface area contributed by atoms with Gasteiger partial charge in [-0.25, -0.2) is 0 Å². The summed E-state index contributed by atoms with van der Waals surface area (Å²) in [6, 6.07) is 8.71. The summed E-state index contributed by atoms with van der Waals surface area (Å²) in [6.07, 6.45) is -0.575. The van der Waals surface area contributed by atoms with Crippen molar-refractivity contribution in [2.24, 2.45) is 0 Å². The summed E-state index contributed by atoms with van der Waals surface area (Å²) in [4.78, 5) is 0. The van der Waals surface area contributed by atoms with Crippen molar-refractivity contribution in [2.75, 3.05) is 0 Å². The van der Waals surface area contributed by atoms with Gasteiger partial charge in [-0.3, -0.25) is 0 Å². The second kappa shape index (κ2) is 3.65. The first-order chi connectivity index (χ1) is 5.58. The first kappa shape index (κ1) is 9.17. The van der Waals surface area contributed by atoms with Crippen LogP contribution in [0.4, 0.5) is 12.9 Å². The average molecular weight is 173 g/mol. The maximum atomic E-state index is 11.8. The van der Waals surface area contributed by atoms with E-state index in [0.717, 1.165) is 5.56 Å². The van der Waals surface area contributed by atoms with E-state index < -0.39 is 13.3 Å². The lowest BCUT2D eigenvalue weighted by atomic mass is 9.83. The van der Waals surface area contributed by atoms with Crippen LogP contribution in [0.25, 0.3) is 0 Å². The third-order valence-electron chi connectivity index (χ3n) is 1.60. The summed E-state index contributed by atoms with van der Waals surface area (Å²) in [5, 5.41) is 0. The minimum atomic E-state index is -4.63. The summed E-state index contributed by atoms with van der Waals surface area (Å²) in [5.41, 5.74) is 0.747. The highest BCUT2D eigenvalue weighted by molar-refractivity contribution is 6.58. The van der Waals surface area contributed by atoms with Gasteiger partial charge in [0.05, 0.1) is 0 Å². The van der Waals surface area contributed by atoms with E-state index in [-0.39, 0.29) is 6.42 Å². The molecule has 0 N–H and O–H groups in total. The molecule has 0 saturated carbocycles. The normalized spacial score (nSPS) is 11.6. The summed E-state index contributed by atoms with van der Waals surface area (Å²) in [7, 11) is 0. The van der Waals surface area contributed by atoms with Gasteiger partial charge in [0.1, 0.15) is 0 Å². The summed E-state index contributed by atoms with van der Waals surface area (Å²) in [5.74, 6) is 0. The summed E-state index contributed by atoms with van der Waals surface area (Å²) in [6.45, 7) is -4.63. The van der Waals surface area contributed by atoms with Gasteiger partial charge in [-0.15, -0.1) is 0 Å². The van der Waals surface area contributed by atoms with Gasteiger partial charge in [0.25, 0.3) is 0 Å². The van der Waals surface area contributed by atoms with E-state index in [4.69, 9.17) is 0 Å². The quantitative estimate of drug-likeness (QED) is 0.616. The van der Waals surface area contributed by atoms with Crippen molar-refractivity contribution in [1.82, 2.24) is 0 Å². The molecule has 66 valence electrons. The molecule has 1 aromatic carbocycles. The molecule has 0 aliphatic heterocycles. The number of hydrogen-bond donors (Lipinski definition) is 0. The Morgan fingerprint density at radius 2 is 1.58 bits per heavy atom. The van der Waals surface area contributed by atoms with Gasteiger partial charge in [-0.05, 0) is 0 Å². The average Bonchev–Trinajstić information content (AvgIpc) is 2.02. The van der Waals surface area contributed by atoms with Crippen LogP contribution in [-0.4, -0.2) is 6.98 Å². The van der Waals surface area contributed by atoms with E-state index in [1.165, 1.54) is 0 Å². The number of halogens is 3. The van der Waals surface area contributed by atoms with Crippen molar-refractivity contribution in [3.05, 3.63) is 35.9 Å². The molecule has 4 heteroatoms. The molecule has 0 aliphatic carbocycles. The maximum Gasteiger partial charge on any atom is 0.478 e. The van der Waals surface area contributed by atoms with Crippen LogP contribution in [0.3, 0.4) is 0 Å². The lowest BCUT2D eigenvalue weighted by Gasteiger charge is -2.12. The lowest BCUT2D eigenvalue weighted by molar-refractivity contribution is 0.467. The predicted molar refractivity (Wildman–Crippen MR) is 44.0 cm³/mol. The molecule has 0 bridgehead atoms. The molecule has 0 aromatic heterocycles. The van der Waals surface area contributed by atoms with E-state index >= 15 is 0 Å². The zero-order valence-corrected chi connectivity index (χ0v) is 6.51. The monoisotopic (exact) mass is 173 g/mol. The fraction of sp³-hybridized carbons (Fsp3) is 0.250. The second-order valence-electron chi connectivity index (χ2n) is 2.73. The molecule has 0 heterocycles. The number of aryl methyl sites for hydroxylation is 1. The van der Waals surface area contributed by atoms with Gasteiger partial charge in [-0.1, -0.05) is 48.6 Å². The van der Waals surface area contributed by atoms with E-state index in [2.05, 4.69) is 0 Å².